The van der Waals surface area contributed by atoms with Gasteiger partial charge in [0.15, 0.2) is 0 Å². The molecule has 250 valence electrons. The van der Waals surface area contributed by atoms with Crippen LogP contribution >= 0.6 is 0 Å². The Labute approximate surface area is 279 Å². The van der Waals surface area contributed by atoms with Crippen molar-refractivity contribution in [2.24, 2.45) is 0 Å². The smallest absolute Gasteiger partial charge is 0.269 e. The molecule has 0 aromatic heterocycles. The lowest BCUT2D eigenvalue weighted by Crippen LogP contribution is -2.55. The molecule has 4 aromatic rings. The summed E-state index contributed by atoms with van der Waals surface area (Å²) < 4.78 is 44.1. The summed E-state index contributed by atoms with van der Waals surface area (Å²) in [5.41, 5.74) is 0.666. The van der Waals surface area contributed by atoms with E-state index in [0.29, 0.717) is 0 Å². The summed E-state index contributed by atoms with van der Waals surface area (Å²) in [5, 5.41) is 14.5. The number of carbonyl (C=O) groups is 2. The van der Waals surface area contributed by atoms with Crippen LogP contribution in [0, 0.1) is 15.9 Å². The summed E-state index contributed by atoms with van der Waals surface area (Å²) in [5.74, 6) is -1.75. The van der Waals surface area contributed by atoms with Crippen molar-refractivity contribution in [1.82, 2.24) is 10.2 Å². The first-order chi connectivity index (χ1) is 23.1. The Morgan fingerprint density at radius 3 is 2.08 bits per heavy atom. The van der Waals surface area contributed by atoms with Gasteiger partial charge >= 0.3 is 0 Å². The number of non-ortho nitro benzene ring substituents is 1. The highest BCUT2D eigenvalue weighted by Gasteiger charge is 2.36. The van der Waals surface area contributed by atoms with Crippen molar-refractivity contribution < 1.29 is 27.3 Å². The highest BCUT2D eigenvalue weighted by atomic mass is 32.2. The van der Waals surface area contributed by atoms with Crippen LogP contribution in [0.15, 0.2) is 114 Å². The zero-order chi connectivity index (χ0) is 34.1. The van der Waals surface area contributed by atoms with Gasteiger partial charge in [-0.05, 0) is 48.7 Å². The second kappa shape index (κ2) is 15.7. The van der Waals surface area contributed by atoms with Gasteiger partial charge in [-0.15, -0.1) is 0 Å². The van der Waals surface area contributed by atoms with Gasteiger partial charge in [-0.1, -0.05) is 86.0 Å². The standard InChI is InChI=1S/C36H37FN4O6S/c37-33-19-11-10-14-28(33)25-39(34(24-27-12-4-1-5-13-27)36(43)38-29-15-6-2-7-16-29)35(42)26-40(30-20-22-31(23-21-30)41(44)45)48(46,47)32-17-8-3-9-18-32/h1,3-5,8-14,17-23,29,34H,2,6-7,15-16,24-26H2,(H,38,43)/t34-/m0/s1. The van der Waals surface area contributed by atoms with Crippen LogP contribution in [0.4, 0.5) is 15.8 Å². The second-order valence-corrected chi connectivity index (χ2v) is 13.6. The zero-order valence-electron chi connectivity index (χ0n) is 26.3. The highest BCUT2D eigenvalue weighted by Crippen LogP contribution is 2.27. The summed E-state index contributed by atoms with van der Waals surface area (Å²) in [6.45, 7) is -1.06. The van der Waals surface area contributed by atoms with Crippen molar-refractivity contribution in [2.75, 3.05) is 10.8 Å². The molecule has 4 aromatic carbocycles. The highest BCUT2D eigenvalue weighted by molar-refractivity contribution is 7.92. The van der Waals surface area contributed by atoms with Crippen molar-refractivity contribution in [2.45, 2.75) is 62.0 Å². The minimum atomic E-state index is -4.38. The molecule has 2 amide bonds. The van der Waals surface area contributed by atoms with Crippen molar-refractivity contribution in [3.63, 3.8) is 0 Å². The molecule has 1 saturated carbocycles. The Kier molecular flexibility index (Phi) is 11.2. The number of carbonyl (C=O) groups excluding carboxylic acids is 2. The minimum absolute atomic E-state index is 0.00918. The van der Waals surface area contributed by atoms with Gasteiger partial charge in [-0.25, -0.2) is 12.8 Å². The fourth-order valence-corrected chi connectivity index (χ4v) is 7.33. The number of halogens is 1. The average molecular weight is 673 g/mol. The van der Waals surface area contributed by atoms with E-state index in [1.165, 1.54) is 47.4 Å². The fourth-order valence-electron chi connectivity index (χ4n) is 5.90. The molecule has 1 atom stereocenters. The molecule has 48 heavy (non-hydrogen) atoms. The van der Waals surface area contributed by atoms with Crippen LogP contribution in [0.25, 0.3) is 0 Å². The third-order valence-corrected chi connectivity index (χ3v) is 10.3. The summed E-state index contributed by atoms with van der Waals surface area (Å²) in [6.07, 6.45) is 4.71. The van der Waals surface area contributed by atoms with E-state index in [4.69, 9.17) is 0 Å². The number of nitrogens with one attached hydrogen (secondary N) is 1. The van der Waals surface area contributed by atoms with Gasteiger partial charge in [0.05, 0.1) is 15.5 Å². The third-order valence-electron chi connectivity index (χ3n) is 8.48. The van der Waals surface area contributed by atoms with Crippen LogP contribution < -0.4 is 9.62 Å². The zero-order valence-corrected chi connectivity index (χ0v) is 27.1. The first-order valence-corrected chi connectivity index (χ1v) is 17.3. The number of hydrogen-bond acceptors (Lipinski definition) is 6. The number of hydrogen-bond donors (Lipinski definition) is 1. The second-order valence-electron chi connectivity index (χ2n) is 11.8. The number of rotatable bonds is 13. The molecular weight excluding hydrogens is 635 g/mol. The Morgan fingerprint density at radius 1 is 0.854 bits per heavy atom. The molecule has 0 radical (unpaired) electrons. The molecule has 0 spiro atoms. The molecule has 1 aliphatic rings. The Balaban J connectivity index is 1.57. The van der Waals surface area contributed by atoms with E-state index in [1.54, 1.807) is 24.3 Å². The van der Waals surface area contributed by atoms with Crippen LogP contribution in [0.5, 0.6) is 0 Å². The van der Waals surface area contributed by atoms with E-state index in [9.17, 15) is 28.1 Å². The molecule has 0 bridgehead atoms. The number of anilines is 1. The third kappa shape index (κ3) is 8.43. The molecular formula is C36H37FN4O6S. The molecule has 1 aliphatic carbocycles. The molecule has 0 aliphatic heterocycles. The molecule has 5 rings (SSSR count). The predicted octanol–water partition coefficient (Wildman–Crippen LogP) is 6.02. The van der Waals surface area contributed by atoms with E-state index < -0.39 is 45.2 Å². The van der Waals surface area contributed by atoms with E-state index in [0.717, 1.165) is 54.1 Å². The summed E-state index contributed by atoms with van der Waals surface area (Å²) in [6, 6.07) is 26.2. The molecule has 1 fully saturated rings. The van der Waals surface area contributed by atoms with E-state index in [2.05, 4.69) is 5.32 Å². The predicted molar refractivity (Wildman–Crippen MR) is 180 cm³/mol. The number of sulfonamides is 1. The lowest BCUT2D eigenvalue weighted by molar-refractivity contribution is -0.384. The molecule has 10 nitrogen and oxygen atoms in total. The summed E-state index contributed by atoms with van der Waals surface area (Å²) in [7, 11) is -4.38. The van der Waals surface area contributed by atoms with Crippen LogP contribution in [-0.2, 0) is 32.6 Å². The SMILES string of the molecule is O=C(NC1CCCCC1)[C@H](Cc1ccccc1)N(Cc1ccccc1F)C(=O)CN(c1ccc([N+](=O)[O-])cc1)S(=O)(=O)c1ccccc1. The first kappa shape index (κ1) is 34.2. The normalized spacial score (nSPS) is 14.1. The van der Waals surface area contributed by atoms with Gasteiger partial charge in [0.25, 0.3) is 15.7 Å². The van der Waals surface area contributed by atoms with Gasteiger partial charge in [0.1, 0.15) is 18.4 Å². The van der Waals surface area contributed by atoms with E-state index in [1.807, 2.05) is 30.3 Å². The molecule has 12 heteroatoms. The minimum Gasteiger partial charge on any atom is -0.352 e. The van der Waals surface area contributed by atoms with Gasteiger partial charge in [-0.3, -0.25) is 24.0 Å². The topological polar surface area (TPSA) is 130 Å². The number of benzene rings is 4. The fraction of sp³-hybridized carbons (Fsp3) is 0.278. The Hall–Kier alpha value is -5.10. The number of nitro groups is 1. The van der Waals surface area contributed by atoms with Crippen LogP contribution in [0.1, 0.15) is 43.2 Å². The van der Waals surface area contributed by atoms with Crippen molar-refractivity contribution in [3.8, 4) is 0 Å². The van der Waals surface area contributed by atoms with Crippen molar-refractivity contribution in [3.05, 3.63) is 136 Å². The maximum Gasteiger partial charge on any atom is 0.269 e. The van der Waals surface area contributed by atoms with Gasteiger partial charge in [0.2, 0.25) is 11.8 Å². The molecule has 0 unspecified atom stereocenters. The van der Waals surface area contributed by atoms with E-state index >= 15 is 4.39 Å². The molecule has 1 N–H and O–H groups in total. The maximum atomic E-state index is 15.1. The number of nitro benzene ring substituents is 1. The monoisotopic (exact) mass is 672 g/mol. The number of amides is 2. The maximum absolute atomic E-state index is 15.1. The lowest BCUT2D eigenvalue weighted by atomic mass is 9.94. The largest absolute Gasteiger partial charge is 0.352 e. The quantitative estimate of drug-likeness (QED) is 0.137. The average Bonchev–Trinajstić information content (AvgIpc) is 3.10. The van der Waals surface area contributed by atoms with Gasteiger partial charge < -0.3 is 10.2 Å². The Bertz CT molecular complexity index is 1820. The van der Waals surface area contributed by atoms with Crippen LogP contribution in [0.2, 0.25) is 0 Å². The lowest BCUT2D eigenvalue weighted by Gasteiger charge is -2.35. The Morgan fingerprint density at radius 2 is 1.46 bits per heavy atom. The van der Waals surface area contributed by atoms with Crippen molar-refractivity contribution >= 4 is 33.2 Å². The van der Waals surface area contributed by atoms with Crippen molar-refractivity contribution in [1.29, 1.82) is 0 Å². The van der Waals surface area contributed by atoms with Crippen LogP contribution in [0.3, 0.4) is 0 Å². The van der Waals surface area contributed by atoms with E-state index in [-0.39, 0.29) is 40.8 Å². The van der Waals surface area contributed by atoms with Crippen LogP contribution in [-0.4, -0.2) is 48.7 Å². The number of nitrogens with zero attached hydrogens (tertiary/aromatic N) is 3. The molecule has 0 heterocycles. The van der Waals surface area contributed by atoms with Gasteiger partial charge in [0, 0.05) is 36.7 Å². The first-order valence-electron chi connectivity index (χ1n) is 15.8. The summed E-state index contributed by atoms with van der Waals surface area (Å²) >= 11 is 0. The summed E-state index contributed by atoms with van der Waals surface area (Å²) in [4.78, 5) is 40.5. The van der Waals surface area contributed by atoms with Gasteiger partial charge in [-0.2, -0.15) is 0 Å². The molecule has 0 saturated heterocycles.